The number of carbonyl (C=O) groups excluding carboxylic acids is 1. The zero-order chi connectivity index (χ0) is 18.3. The van der Waals surface area contributed by atoms with E-state index in [1.807, 2.05) is 43.3 Å². The van der Waals surface area contributed by atoms with E-state index in [4.69, 9.17) is 27.6 Å². The zero-order valence-corrected chi connectivity index (χ0v) is 15.5. The molecule has 26 heavy (non-hydrogen) atoms. The summed E-state index contributed by atoms with van der Waals surface area (Å²) in [5.74, 6) is 1.18. The first kappa shape index (κ1) is 17.0. The molecule has 0 saturated carbocycles. The van der Waals surface area contributed by atoms with Crippen LogP contribution < -0.4 is 4.90 Å². The van der Waals surface area contributed by atoms with Crippen molar-refractivity contribution >= 4 is 46.4 Å². The number of hydrogen-bond acceptors (Lipinski definition) is 2. The van der Waals surface area contributed by atoms with Gasteiger partial charge in [-0.2, -0.15) is 0 Å². The van der Waals surface area contributed by atoms with Gasteiger partial charge in [0.2, 0.25) is 0 Å². The van der Waals surface area contributed by atoms with Crippen molar-refractivity contribution in [2.24, 2.45) is 0 Å². The molecule has 5 heteroatoms. The molecule has 3 aromatic rings. The molecule has 0 unspecified atom stereocenters. The van der Waals surface area contributed by atoms with Crippen LogP contribution in [0.15, 0.2) is 59.0 Å². The molecule has 1 aliphatic heterocycles. The van der Waals surface area contributed by atoms with Gasteiger partial charge in [-0.25, -0.2) is 0 Å². The predicted molar refractivity (Wildman–Crippen MR) is 107 cm³/mol. The van der Waals surface area contributed by atoms with Crippen molar-refractivity contribution in [3.8, 4) is 11.3 Å². The second kappa shape index (κ2) is 6.67. The minimum Gasteiger partial charge on any atom is -0.457 e. The fourth-order valence-electron chi connectivity index (χ4n) is 3.16. The minimum absolute atomic E-state index is 0.0209. The molecule has 1 aliphatic rings. The first-order valence-electron chi connectivity index (χ1n) is 8.26. The molecule has 0 N–H and O–H groups in total. The number of hydrogen-bond donors (Lipinski definition) is 0. The summed E-state index contributed by atoms with van der Waals surface area (Å²) in [5, 5.41) is 1.14. The molecule has 130 valence electrons. The minimum atomic E-state index is -0.0209. The Hall–Kier alpha value is -2.49. The predicted octanol–water partition coefficient (Wildman–Crippen LogP) is 6.16. The normalized spacial score (nSPS) is 15.0. The van der Waals surface area contributed by atoms with E-state index < -0.39 is 0 Å². The number of benzene rings is 2. The van der Waals surface area contributed by atoms with Gasteiger partial charge in [0.15, 0.2) is 0 Å². The summed E-state index contributed by atoms with van der Waals surface area (Å²) >= 11 is 12.3. The van der Waals surface area contributed by atoms with Crippen molar-refractivity contribution in [3.05, 3.63) is 76.0 Å². The van der Waals surface area contributed by atoms with E-state index in [-0.39, 0.29) is 5.91 Å². The molecule has 1 amide bonds. The Kier molecular flexibility index (Phi) is 4.35. The third kappa shape index (κ3) is 2.83. The van der Waals surface area contributed by atoms with Crippen molar-refractivity contribution in [2.75, 3.05) is 11.4 Å². The van der Waals surface area contributed by atoms with Crippen LogP contribution in [0.3, 0.4) is 0 Å². The van der Waals surface area contributed by atoms with E-state index in [9.17, 15) is 4.79 Å². The number of furan rings is 1. The molecule has 0 atom stereocenters. The molecule has 1 aromatic heterocycles. The van der Waals surface area contributed by atoms with Gasteiger partial charge in [-0.1, -0.05) is 41.4 Å². The van der Waals surface area contributed by atoms with Crippen molar-refractivity contribution in [1.29, 1.82) is 0 Å². The second-order valence-electron chi connectivity index (χ2n) is 5.95. The highest BCUT2D eigenvalue weighted by atomic mass is 35.5. The van der Waals surface area contributed by atoms with Gasteiger partial charge in [0.1, 0.15) is 11.5 Å². The summed E-state index contributed by atoms with van der Waals surface area (Å²) in [7, 11) is 0. The van der Waals surface area contributed by atoms with Gasteiger partial charge in [-0.3, -0.25) is 4.79 Å². The van der Waals surface area contributed by atoms with Gasteiger partial charge in [0.05, 0.1) is 16.3 Å². The van der Waals surface area contributed by atoms with Crippen LogP contribution in [0.25, 0.3) is 23.0 Å². The lowest BCUT2D eigenvalue weighted by Crippen LogP contribution is -2.25. The topological polar surface area (TPSA) is 33.5 Å². The second-order valence-corrected chi connectivity index (χ2v) is 6.79. The largest absolute Gasteiger partial charge is 0.457 e. The number of carbonyl (C=O) groups is 1. The van der Waals surface area contributed by atoms with E-state index in [2.05, 4.69) is 0 Å². The highest BCUT2D eigenvalue weighted by Gasteiger charge is 2.31. The van der Waals surface area contributed by atoms with Crippen LogP contribution in [0.5, 0.6) is 0 Å². The van der Waals surface area contributed by atoms with Crippen LogP contribution in [0, 0.1) is 0 Å². The first-order valence-corrected chi connectivity index (χ1v) is 9.02. The molecule has 2 aromatic carbocycles. The molecule has 0 spiro atoms. The Morgan fingerprint density at radius 2 is 1.85 bits per heavy atom. The van der Waals surface area contributed by atoms with Gasteiger partial charge in [0, 0.05) is 22.7 Å². The van der Waals surface area contributed by atoms with Crippen molar-refractivity contribution in [1.82, 2.24) is 0 Å². The molecular formula is C21H15Cl2NO2. The Morgan fingerprint density at radius 1 is 1.04 bits per heavy atom. The van der Waals surface area contributed by atoms with Crippen molar-refractivity contribution in [2.45, 2.75) is 6.92 Å². The summed E-state index contributed by atoms with van der Waals surface area (Å²) < 4.78 is 5.91. The van der Waals surface area contributed by atoms with Crippen LogP contribution >= 0.6 is 23.2 Å². The molecule has 0 fully saturated rings. The average molecular weight is 384 g/mol. The lowest BCUT2D eigenvalue weighted by Gasteiger charge is -2.13. The molecular weight excluding hydrogens is 369 g/mol. The van der Waals surface area contributed by atoms with Crippen LogP contribution in [-0.4, -0.2) is 12.5 Å². The molecule has 0 radical (unpaired) electrons. The quantitative estimate of drug-likeness (QED) is 0.507. The van der Waals surface area contributed by atoms with Gasteiger partial charge in [-0.05, 0) is 49.4 Å². The number of para-hydroxylation sites is 1. The summed E-state index contributed by atoms with van der Waals surface area (Å²) in [6.07, 6.45) is 1.78. The SMILES string of the molecule is CCN1C(=O)/C(=C/c2ccc(-c3cc(Cl)ccc3Cl)o2)c2ccccc21. The summed E-state index contributed by atoms with van der Waals surface area (Å²) in [6.45, 7) is 2.58. The number of likely N-dealkylation sites (N-methyl/N-ethyl adjacent to an activating group) is 1. The van der Waals surface area contributed by atoms with Crippen LogP contribution in [0.2, 0.25) is 10.0 Å². The molecule has 4 rings (SSSR count). The maximum absolute atomic E-state index is 12.8. The van der Waals surface area contributed by atoms with E-state index in [1.165, 1.54) is 0 Å². The number of amides is 1. The zero-order valence-electron chi connectivity index (χ0n) is 14.0. The number of nitrogens with zero attached hydrogens (tertiary/aromatic N) is 1. The number of rotatable bonds is 3. The van der Waals surface area contributed by atoms with Gasteiger partial charge in [0.25, 0.3) is 5.91 Å². The van der Waals surface area contributed by atoms with Crippen molar-refractivity contribution in [3.63, 3.8) is 0 Å². The summed E-state index contributed by atoms with van der Waals surface area (Å²) in [6, 6.07) is 16.6. The highest BCUT2D eigenvalue weighted by molar-refractivity contribution is 6.36. The molecule has 0 saturated heterocycles. The Bertz CT molecular complexity index is 1040. The van der Waals surface area contributed by atoms with E-state index >= 15 is 0 Å². The number of anilines is 1. The lowest BCUT2D eigenvalue weighted by molar-refractivity contribution is -0.112. The van der Waals surface area contributed by atoms with E-state index in [0.29, 0.717) is 33.7 Å². The van der Waals surface area contributed by atoms with Crippen molar-refractivity contribution < 1.29 is 9.21 Å². The van der Waals surface area contributed by atoms with Gasteiger partial charge in [-0.15, -0.1) is 0 Å². The van der Waals surface area contributed by atoms with E-state index in [0.717, 1.165) is 16.8 Å². The molecule has 2 heterocycles. The molecule has 0 aliphatic carbocycles. The lowest BCUT2D eigenvalue weighted by atomic mass is 10.1. The number of fused-ring (bicyclic) bond motifs is 1. The highest BCUT2D eigenvalue weighted by Crippen LogP contribution is 2.38. The number of halogens is 2. The third-order valence-corrected chi connectivity index (χ3v) is 4.95. The fourth-order valence-corrected chi connectivity index (χ4v) is 3.55. The first-order chi connectivity index (χ1) is 12.6. The standard InChI is InChI=1S/C21H15Cl2NO2/c1-2-24-19-6-4-3-5-15(19)16(21(24)25)12-14-8-10-20(26-14)17-11-13(22)7-9-18(17)23/h3-12H,2H2,1H3/b16-12+. The Labute approximate surface area is 161 Å². The Balaban J connectivity index is 1.75. The van der Waals surface area contributed by atoms with Crippen LogP contribution in [0.1, 0.15) is 18.2 Å². The third-order valence-electron chi connectivity index (χ3n) is 4.38. The van der Waals surface area contributed by atoms with Gasteiger partial charge >= 0.3 is 0 Å². The maximum Gasteiger partial charge on any atom is 0.259 e. The van der Waals surface area contributed by atoms with Crippen LogP contribution in [0.4, 0.5) is 5.69 Å². The molecule has 0 bridgehead atoms. The molecule has 3 nitrogen and oxygen atoms in total. The van der Waals surface area contributed by atoms with E-state index in [1.54, 1.807) is 29.2 Å². The fraction of sp³-hybridized carbons (Fsp3) is 0.0952. The maximum atomic E-state index is 12.8. The van der Waals surface area contributed by atoms with Crippen LogP contribution in [-0.2, 0) is 4.79 Å². The summed E-state index contributed by atoms with van der Waals surface area (Å²) in [5.41, 5.74) is 3.19. The monoisotopic (exact) mass is 383 g/mol. The Morgan fingerprint density at radius 3 is 2.65 bits per heavy atom. The average Bonchev–Trinajstić information content (AvgIpc) is 3.21. The smallest absolute Gasteiger partial charge is 0.259 e. The summed E-state index contributed by atoms with van der Waals surface area (Å²) in [4.78, 5) is 14.5. The van der Waals surface area contributed by atoms with Gasteiger partial charge < -0.3 is 9.32 Å².